The van der Waals surface area contributed by atoms with Crippen LogP contribution in [0.25, 0.3) is 0 Å². The molecule has 0 radical (unpaired) electrons. The maximum absolute atomic E-state index is 13.1. The summed E-state index contributed by atoms with van der Waals surface area (Å²) in [6.45, 7) is 1.50. The molecule has 4 N–H and O–H groups in total. The molecule has 1 fully saturated rings. The molecule has 7 heteroatoms. The zero-order valence-electron chi connectivity index (χ0n) is 14.9. The van der Waals surface area contributed by atoms with E-state index in [1.807, 2.05) is 31.2 Å². The molecule has 4 rings (SSSR count). The van der Waals surface area contributed by atoms with E-state index in [4.69, 9.17) is 5.73 Å². The van der Waals surface area contributed by atoms with Crippen molar-refractivity contribution in [2.24, 2.45) is 0 Å². The summed E-state index contributed by atoms with van der Waals surface area (Å²) >= 11 is 0. The molecule has 7 nitrogen and oxygen atoms in total. The predicted molar refractivity (Wildman–Crippen MR) is 101 cm³/mol. The molecule has 1 unspecified atom stereocenters. The molecule has 0 bridgehead atoms. The number of aryl methyl sites for hydroxylation is 2. The number of anilines is 2. The lowest BCUT2D eigenvalue weighted by Crippen LogP contribution is -2.43. The summed E-state index contributed by atoms with van der Waals surface area (Å²) in [6.07, 6.45) is 1.22. The molecule has 1 aliphatic carbocycles. The van der Waals surface area contributed by atoms with Crippen molar-refractivity contribution in [3.05, 3.63) is 59.2 Å². The van der Waals surface area contributed by atoms with Crippen molar-refractivity contribution in [1.29, 1.82) is 0 Å². The number of carbonyl (C=O) groups excluding carboxylic acids is 3. The van der Waals surface area contributed by atoms with Gasteiger partial charge in [-0.05, 0) is 48.6 Å². The second kappa shape index (κ2) is 6.12. The third-order valence-corrected chi connectivity index (χ3v) is 5.26. The van der Waals surface area contributed by atoms with Crippen LogP contribution in [-0.2, 0) is 21.5 Å². The number of amides is 4. The fraction of sp³-hybridized carbons (Fsp3) is 0.250. The van der Waals surface area contributed by atoms with Gasteiger partial charge in [-0.25, -0.2) is 4.79 Å². The molecule has 138 valence electrons. The molecular formula is C20H20N4O3. The Hall–Kier alpha value is -3.35. The van der Waals surface area contributed by atoms with Gasteiger partial charge in [0.2, 0.25) is 5.91 Å². The molecular weight excluding hydrogens is 344 g/mol. The van der Waals surface area contributed by atoms with Crippen LogP contribution in [0.5, 0.6) is 0 Å². The highest BCUT2D eigenvalue weighted by molar-refractivity contribution is 6.11. The van der Waals surface area contributed by atoms with E-state index in [9.17, 15) is 14.4 Å². The number of imide groups is 1. The molecule has 1 saturated heterocycles. The Kier molecular flexibility index (Phi) is 3.87. The summed E-state index contributed by atoms with van der Waals surface area (Å²) in [5.74, 6) is -0.826. The topological polar surface area (TPSA) is 105 Å². The van der Waals surface area contributed by atoms with Gasteiger partial charge in [-0.2, -0.15) is 0 Å². The number of nitrogen functional groups attached to an aromatic ring is 1. The predicted octanol–water partition coefficient (Wildman–Crippen LogP) is 1.91. The number of hydrogen-bond donors (Lipinski definition) is 3. The first-order chi connectivity index (χ1) is 12.9. The van der Waals surface area contributed by atoms with E-state index in [1.54, 1.807) is 18.2 Å². The van der Waals surface area contributed by atoms with Crippen molar-refractivity contribution in [2.75, 3.05) is 17.6 Å². The average molecular weight is 364 g/mol. The van der Waals surface area contributed by atoms with E-state index in [-0.39, 0.29) is 12.5 Å². The Labute approximate surface area is 156 Å². The van der Waals surface area contributed by atoms with Crippen LogP contribution in [0.1, 0.15) is 23.1 Å². The van der Waals surface area contributed by atoms with E-state index in [0.29, 0.717) is 24.2 Å². The van der Waals surface area contributed by atoms with Gasteiger partial charge in [0.25, 0.3) is 5.91 Å². The van der Waals surface area contributed by atoms with Crippen molar-refractivity contribution in [3.8, 4) is 0 Å². The van der Waals surface area contributed by atoms with E-state index in [0.717, 1.165) is 21.6 Å². The summed E-state index contributed by atoms with van der Waals surface area (Å²) in [5.41, 5.74) is 8.49. The minimum Gasteiger partial charge on any atom is -0.399 e. The Balaban J connectivity index is 1.54. The number of rotatable bonds is 3. The maximum atomic E-state index is 13.1. The molecule has 1 atom stereocenters. The Bertz CT molecular complexity index is 971. The van der Waals surface area contributed by atoms with E-state index in [1.165, 1.54) is 0 Å². The first kappa shape index (κ1) is 17.1. The summed E-state index contributed by atoms with van der Waals surface area (Å²) in [6, 6.07) is 12.2. The number of fused-ring (bicyclic) bond motifs is 2. The third kappa shape index (κ3) is 2.71. The van der Waals surface area contributed by atoms with Gasteiger partial charge in [0, 0.05) is 11.4 Å². The largest absolute Gasteiger partial charge is 0.399 e. The highest BCUT2D eigenvalue weighted by atomic mass is 16.2. The normalized spacial score (nSPS) is 20.7. The maximum Gasteiger partial charge on any atom is 0.325 e. The first-order valence-electron chi connectivity index (χ1n) is 8.79. The van der Waals surface area contributed by atoms with Crippen LogP contribution in [0.3, 0.4) is 0 Å². The van der Waals surface area contributed by atoms with E-state index < -0.39 is 17.5 Å². The molecule has 1 aliphatic heterocycles. The van der Waals surface area contributed by atoms with Crippen LogP contribution in [0.2, 0.25) is 0 Å². The van der Waals surface area contributed by atoms with Crippen LogP contribution in [0.4, 0.5) is 16.2 Å². The van der Waals surface area contributed by atoms with Gasteiger partial charge in [-0.3, -0.25) is 14.5 Å². The van der Waals surface area contributed by atoms with Crippen LogP contribution < -0.4 is 16.4 Å². The minimum atomic E-state index is -1.05. The third-order valence-electron chi connectivity index (χ3n) is 5.26. The molecule has 27 heavy (non-hydrogen) atoms. The molecule has 2 aromatic rings. The van der Waals surface area contributed by atoms with Crippen molar-refractivity contribution >= 4 is 29.2 Å². The van der Waals surface area contributed by atoms with Gasteiger partial charge in [0.15, 0.2) is 0 Å². The fourth-order valence-electron chi connectivity index (χ4n) is 3.84. The van der Waals surface area contributed by atoms with Crippen molar-refractivity contribution < 1.29 is 14.4 Å². The zero-order valence-corrected chi connectivity index (χ0v) is 14.9. The molecule has 1 spiro atoms. The van der Waals surface area contributed by atoms with Crippen LogP contribution in [0.15, 0.2) is 42.5 Å². The average Bonchev–Trinajstić information content (AvgIpc) is 3.12. The molecule has 0 saturated carbocycles. The summed E-state index contributed by atoms with van der Waals surface area (Å²) in [7, 11) is 0. The van der Waals surface area contributed by atoms with Gasteiger partial charge >= 0.3 is 6.03 Å². The molecule has 1 heterocycles. The van der Waals surface area contributed by atoms with Gasteiger partial charge in [-0.15, -0.1) is 0 Å². The molecule has 4 amide bonds. The second-order valence-corrected chi connectivity index (χ2v) is 7.01. The smallest absolute Gasteiger partial charge is 0.325 e. The number of benzene rings is 2. The number of nitrogens with zero attached hydrogens (tertiary/aromatic N) is 1. The fourth-order valence-corrected chi connectivity index (χ4v) is 3.84. The summed E-state index contributed by atoms with van der Waals surface area (Å²) in [5, 5.41) is 5.54. The lowest BCUT2D eigenvalue weighted by Gasteiger charge is -2.22. The number of hydrogen-bond acceptors (Lipinski definition) is 4. The highest BCUT2D eigenvalue weighted by Gasteiger charge is 2.55. The molecule has 2 aromatic carbocycles. The van der Waals surface area contributed by atoms with Crippen molar-refractivity contribution in [2.45, 2.75) is 25.3 Å². The Morgan fingerprint density at radius 2 is 2.04 bits per heavy atom. The Morgan fingerprint density at radius 1 is 1.26 bits per heavy atom. The van der Waals surface area contributed by atoms with E-state index in [2.05, 4.69) is 10.6 Å². The first-order valence-corrected chi connectivity index (χ1v) is 8.79. The number of nitrogens with one attached hydrogen (secondary N) is 2. The standard InChI is InChI=1S/C20H20N4O3/c1-12-6-7-14(21)10-16(12)22-17(25)11-24-18(26)20(23-19(24)27)9-8-13-4-2-3-5-15(13)20/h2-7,10H,8-9,11,21H2,1H3,(H,22,25)(H,23,27). The van der Waals surface area contributed by atoms with E-state index >= 15 is 0 Å². The SMILES string of the molecule is Cc1ccc(N)cc1NC(=O)CN1C(=O)NC2(CCc3ccccc32)C1=O. The number of urea groups is 1. The number of carbonyl (C=O) groups is 3. The quantitative estimate of drug-likeness (QED) is 0.571. The van der Waals surface area contributed by atoms with Gasteiger partial charge < -0.3 is 16.4 Å². The monoisotopic (exact) mass is 364 g/mol. The second-order valence-electron chi connectivity index (χ2n) is 7.01. The minimum absolute atomic E-state index is 0.344. The molecule has 2 aliphatic rings. The Morgan fingerprint density at radius 3 is 2.85 bits per heavy atom. The van der Waals surface area contributed by atoms with Gasteiger partial charge in [0.05, 0.1) is 0 Å². The van der Waals surface area contributed by atoms with Crippen LogP contribution in [0, 0.1) is 6.92 Å². The molecule has 0 aromatic heterocycles. The van der Waals surface area contributed by atoms with Crippen molar-refractivity contribution in [1.82, 2.24) is 10.2 Å². The summed E-state index contributed by atoms with van der Waals surface area (Å²) < 4.78 is 0. The summed E-state index contributed by atoms with van der Waals surface area (Å²) in [4.78, 5) is 38.9. The van der Waals surface area contributed by atoms with Gasteiger partial charge in [-0.1, -0.05) is 30.3 Å². The lowest BCUT2D eigenvalue weighted by molar-refractivity contribution is -0.134. The highest BCUT2D eigenvalue weighted by Crippen LogP contribution is 2.41. The van der Waals surface area contributed by atoms with Crippen molar-refractivity contribution in [3.63, 3.8) is 0 Å². The zero-order chi connectivity index (χ0) is 19.2. The van der Waals surface area contributed by atoms with Crippen LogP contribution in [-0.4, -0.2) is 29.3 Å². The van der Waals surface area contributed by atoms with Gasteiger partial charge in [0.1, 0.15) is 12.1 Å². The lowest BCUT2D eigenvalue weighted by atomic mass is 9.92. The van der Waals surface area contributed by atoms with Crippen LogP contribution >= 0.6 is 0 Å². The number of nitrogens with two attached hydrogens (primary N) is 1.